The molecule has 3 aromatic rings. The van der Waals surface area contributed by atoms with E-state index >= 15 is 0 Å². The van der Waals surface area contributed by atoms with Crippen molar-refractivity contribution in [3.8, 4) is 17.0 Å². The van der Waals surface area contributed by atoms with Crippen LogP contribution in [0, 0.1) is 0 Å². The van der Waals surface area contributed by atoms with Crippen LogP contribution in [0.1, 0.15) is 5.82 Å². The normalized spacial score (nSPS) is 16.5. The summed E-state index contributed by atoms with van der Waals surface area (Å²) in [6.45, 7) is 1.04. The van der Waals surface area contributed by atoms with Crippen molar-refractivity contribution in [3.05, 3.63) is 66.6 Å². The first-order valence-corrected chi connectivity index (χ1v) is 10.4. The van der Waals surface area contributed by atoms with Crippen LogP contribution in [0.15, 0.2) is 65.7 Å². The Morgan fingerprint density at radius 2 is 1.93 bits per heavy atom. The van der Waals surface area contributed by atoms with Crippen molar-refractivity contribution in [1.82, 2.24) is 14.3 Å². The van der Waals surface area contributed by atoms with E-state index in [1.807, 2.05) is 35.0 Å². The van der Waals surface area contributed by atoms with Crippen molar-refractivity contribution in [3.63, 3.8) is 0 Å². The molecule has 0 radical (unpaired) electrons. The Bertz CT molecular complexity index is 1060. The summed E-state index contributed by atoms with van der Waals surface area (Å²) in [5.74, 6) is 1.56. The van der Waals surface area contributed by atoms with E-state index in [-0.39, 0.29) is 17.5 Å². The van der Waals surface area contributed by atoms with Crippen LogP contribution in [-0.2, 0) is 27.9 Å². The number of nitrogens with zero attached hydrogens (tertiary/aromatic N) is 2. The Labute approximate surface area is 164 Å². The van der Waals surface area contributed by atoms with E-state index in [1.165, 1.54) is 0 Å². The SMILES string of the molecule is COc1ccccc1-c1cn2c(n1)CO[C@@H](CNS(=O)(=O)c1ccccc1)C2. The third-order valence-electron chi connectivity index (χ3n) is 4.65. The number of nitrogens with one attached hydrogen (secondary N) is 1. The summed E-state index contributed by atoms with van der Waals surface area (Å²) in [6.07, 6.45) is 1.68. The monoisotopic (exact) mass is 399 g/mol. The summed E-state index contributed by atoms with van der Waals surface area (Å²) in [4.78, 5) is 4.88. The van der Waals surface area contributed by atoms with Crippen LogP contribution in [0.25, 0.3) is 11.3 Å². The summed E-state index contributed by atoms with van der Waals surface area (Å²) in [5, 5.41) is 0. The van der Waals surface area contributed by atoms with Crippen molar-refractivity contribution in [2.45, 2.75) is 24.2 Å². The molecule has 0 bridgehead atoms. The van der Waals surface area contributed by atoms with Crippen molar-refractivity contribution in [1.29, 1.82) is 0 Å². The Morgan fingerprint density at radius 1 is 1.18 bits per heavy atom. The zero-order valence-electron chi connectivity index (χ0n) is 15.4. The largest absolute Gasteiger partial charge is 0.496 e. The lowest BCUT2D eigenvalue weighted by molar-refractivity contribution is 0.00586. The number of sulfonamides is 1. The highest BCUT2D eigenvalue weighted by molar-refractivity contribution is 7.89. The summed E-state index contributed by atoms with van der Waals surface area (Å²) in [7, 11) is -1.92. The number of hydrogen-bond donors (Lipinski definition) is 1. The van der Waals surface area contributed by atoms with Gasteiger partial charge in [-0.25, -0.2) is 18.1 Å². The minimum Gasteiger partial charge on any atom is -0.496 e. The highest BCUT2D eigenvalue weighted by atomic mass is 32.2. The lowest BCUT2D eigenvalue weighted by atomic mass is 10.1. The van der Waals surface area contributed by atoms with Gasteiger partial charge < -0.3 is 14.0 Å². The zero-order valence-corrected chi connectivity index (χ0v) is 16.2. The number of imidazole rings is 1. The maximum Gasteiger partial charge on any atom is 0.240 e. The maximum absolute atomic E-state index is 12.4. The molecule has 0 saturated heterocycles. The number of aromatic nitrogens is 2. The third kappa shape index (κ3) is 3.80. The van der Waals surface area contributed by atoms with Gasteiger partial charge in [-0.15, -0.1) is 0 Å². The third-order valence-corrected chi connectivity index (χ3v) is 6.08. The summed E-state index contributed by atoms with van der Waals surface area (Å²) in [5.41, 5.74) is 1.72. The first-order chi connectivity index (χ1) is 13.6. The number of hydrogen-bond acceptors (Lipinski definition) is 5. The van der Waals surface area contributed by atoms with Gasteiger partial charge in [-0.05, 0) is 24.3 Å². The second kappa shape index (κ2) is 7.75. The number of rotatable bonds is 6. The van der Waals surface area contributed by atoms with Gasteiger partial charge in [0.25, 0.3) is 0 Å². The van der Waals surface area contributed by atoms with Crippen LogP contribution in [-0.4, -0.2) is 37.7 Å². The molecular weight excluding hydrogens is 378 g/mol. The molecule has 0 saturated carbocycles. The topological polar surface area (TPSA) is 82.4 Å². The maximum atomic E-state index is 12.4. The van der Waals surface area contributed by atoms with Crippen LogP contribution >= 0.6 is 0 Å². The van der Waals surface area contributed by atoms with Gasteiger partial charge >= 0.3 is 0 Å². The molecule has 8 heteroatoms. The summed E-state index contributed by atoms with van der Waals surface area (Å²) in [6, 6.07) is 16.0. The van der Waals surface area contributed by atoms with Crippen LogP contribution < -0.4 is 9.46 Å². The smallest absolute Gasteiger partial charge is 0.240 e. The molecule has 28 heavy (non-hydrogen) atoms. The molecule has 0 amide bonds. The Kier molecular flexibility index (Phi) is 5.17. The fraction of sp³-hybridized carbons (Fsp3) is 0.250. The van der Waals surface area contributed by atoms with Crippen LogP contribution in [0.4, 0.5) is 0 Å². The van der Waals surface area contributed by atoms with E-state index < -0.39 is 10.0 Å². The Balaban J connectivity index is 1.46. The van der Waals surface area contributed by atoms with E-state index in [9.17, 15) is 8.42 Å². The van der Waals surface area contributed by atoms with Crippen LogP contribution in [0.5, 0.6) is 5.75 Å². The Hall–Kier alpha value is -2.68. The van der Waals surface area contributed by atoms with Crippen molar-refractivity contribution in [2.75, 3.05) is 13.7 Å². The number of ether oxygens (including phenoxy) is 2. The van der Waals surface area contributed by atoms with E-state index in [0.717, 1.165) is 22.8 Å². The second-order valence-corrected chi connectivity index (χ2v) is 8.26. The van der Waals surface area contributed by atoms with Crippen molar-refractivity contribution >= 4 is 10.0 Å². The van der Waals surface area contributed by atoms with Gasteiger partial charge in [0.05, 0.1) is 30.3 Å². The number of fused-ring (bicyclic) bond motifs is 1. The molecule has 1 aromatic heterocycles. The van der Waals surface area contributed by atoms with Crippen molar-refractivity contribution < 1.29 is 17.9 Å². The predicted molar refractivity (Wildman–Crippen MR) is 104 cm³/mol. The van der Waals surface area contributed by atoms with Crippen LogP contribution in [0.3, 0.4) is 0 Å². The quantitative estimate of drug-likeness (QED) is 0.688. The molecule has 0 spiro atoms. The molecule has 146 valence electrons. The highest BCUT2D eigenvalue weighted by Gasteiger charge is 2.24. The van der Waals surface area contributed by atoms with Crippen molar-refractivity contribution in [2.24, 2.45) is 0 Å². The molecule has 0 aliphatic carbocycles. The fourth-order valence-electron chi connectivity index (χ4n) is 3.19. The van der Waals surface area contributed by atoms with E-state index in [0.29, 0.717) is 13.2 Å². The lowest BCUT2D eigenvalue weighted by Crippen LogP contribution is -2.38. The van der Waals surface area contributed by atoms with E-state index in [4.69, 9.17) is 9.47 Å². The molecule has 7 nitrogen and oxygen atoms in total. The van der Waals surface area contributed by atoms with Gasteiger partial charge in [0.2, 0.25) is 10.0 Å². The first-order valence-electron chi connectivity index (χ1n) is 8.92. The molecule has 2 heterocycles. The second-order valence-electron chi connectivity index (χ2n) is 6.49. The highest BCUT2D eigenvalue weighted by Crippen LogP contribution is 2.30. The average molecular weight is 399 g/mol. The number of benzene rings is 2. The first kappa shape index (κ1) is 18.7. The Morgan fingerprint density at radius 3 is 2.71 bits per heavy atom. The molecule has 1 aliphatic heterocycles. The van der Waals surface area contributed by atoms with Gasteiger partial charge in [0.1, 0.15) is 18.2 Å². The van der Waals surface area contributed by atoms with Gasteiger partial charge in [-0.3, -0.25) is 0 Å². The molecule has 1 aliphatic rings. The minimum atomic E-state index is -3.56. The van der Waals surface area contributed by atoms with Gasteiger partial charge in [0.15, 0.2) is 0 Å². The summed E-state index contributed by atoms with van der Waals surface area (Å²) >= 11 is 0. The lowest BCUT2D eigenvalue weighted by Gasteiger charge is -2.24. The van der Waals surface area contributed by atoms with Gasteiger partial charge in [0, 0.05) is 18.3 Å². The molecule has 0 fully saturated rings. The average Bonchev–Trinajstić information content (AvgIpc) is 3.16. The summed E-state index contributed by atoms with van der Waals surface area (Å²) < 4.78 is 40.6. The number of methoxy groups -OCH3 is 1. The van der Waals surface area contributed by atoms with Gasteiger partial charge in [-0.2, -0.15) is 0 Å². The molecule has 2 aromatic carbocycles. The molecular formula is C20H21N3O4S. The van der Waals surface area contributed by atoms with Gasteiger partial charge in [-0.1, -0.05) is 30.3 Å². The number of para-hydroxylation sites is 1. The van der Waals surface area contributed by atoms with E-state index in [2.05, 4.69) is 9.71 Å². The fourth-order valence-corrected chi connectivity index (χ4v) is 4.27. The molecule has 0 unspecified atom stereocenters. The molecule has 1 N–H and O–H groups in total. The molecule has 1 atom stereocenters. The molecule has 4 rings (SSSR count). The standard InChI is InChI=1S/C20H21N3O4S/c1-26-19-10-6-5-9-17(19)18-13-23-12-15(27-14-20(23)22-18)11-21-28(24,25)16-7-3-2-4-8-16/h2-10,13,15,21H,11-12,14H2,1H3/t15-/m0/s1. The van der Waals surface area contributed by atoms with Crippen LogP contribution in [0.2, 0.25) is 0 Å². The predicted octanol–water partition coefficient (Wildman–Crippen LogP) is 2.44. The van der Waals surface area contributed by atoms with E-state index in [1.54, 1.807) is 37.4 Å². The minimum absolute atomic E-state index is 0.193. The zero-order chi connectivity index (χ0) is 19.6.